The molecule has 0 unspecified atom stereocenters. The van der Waals surface area contributed by atoms with Crippen LogP contribution < -0.4 is 0 Å². The number of carboxylic acid groups (broad SMARTS) is 1. The number of nitrogens with zero attached hydrogens (tertiary/aromatic N) is 2. The van der Waals surface area contributed by atoms with Gasteiger partial charge in [-0.15, -0.1) is 0 Å². The molecule has 0 aliphatic rings. The van der Waals surface area contributed by atoms with Gasteiger partial charge in [-0.1, -0.05) is 27.7 Å². The van der Waals surface area contributed by atoms with Gasteiger partial charge in [-0.3, -0.25) is 0 Å². The third-order valence-corrected chi connectivity index (χ3v) is 3.80. The molecule has 1 heterocycles. The molecule has 0 atom stereocenters. The Hall–Kier alpha value is -1.40. The summed E-state index contributed by atoms with van der Waals surface area (Å²) in [7, 11) is 0. The first kappa shape index (κ1) is 14.0. The van der Waals surface area contributed by atoms with E-state index in [4.69, 9.17) is 0 Å². The Kier molecular flexibility index (Phi) is 4.21. The first-order valence-electron chi connectivity index (χ1n) is 5.48. The highest BCUT2D eigenvalue weighted by Crippen LogP contribution is 2.31. The van der Waals surface area contributed by atoms with E-state index in [0.29, 0.717) is 10.7 Å². The molecule has 0 fully saturated rings. The molecule has 0 saturated heterocycles. The Bertz CT molecular complexity index is 626. The van der Waals surface area contributed by atoms with Crippen molar-refractivity contribution in [3.8, 4) is 0 Å². The number of aromatic carboxylic acids is 1. The fourth-order valence-electron chi connectivity index (χ4n) is 1.61. The number of carbonyl (C=O) groups is 1. The number of aromatic nitrogens is 2. The summed E-state index contributed by atoms with van der Waals surface area (Å²) in [4.78, 5) is 20.4. The molecule has 1 aromatic heterocycles. The van der Waals surface area contributed by atoms with Crippen LogP contribution in [0.25, 0.3) is 0 Å². The molecular weight excluding hydrogens is 328 g/mol. The topological polar surface area (TPSA) is 63.1 Å². The minimum absolute atomic E-state index is 0.266. The summed E-state index contributed by atoms with van der Waals surface area (Å²) >= 11 is 4.67. The van der Waals surface area contributed by atoms with Gasteiger partial charge in [0, 0.05) is 15.1 Å². The van der Waals surface area contributed by atoms with E-state index in [2.05, 4.69) is 25.9 Å². The van der Waals surface area contributed by atoms with E-state index >= 15 is 0 Å². The Balaban J connectivity index is 2.42. The fraction of sp³-hybridized carbons (Fsp3) is 0.154. The van der Waals surface area contributed by atoms with Crippen LogP contribution in [0.1, 0.15) is 21.9 Å². The van der Waals surface area contributed by atoms with E-state index in [1.807, 2.05) is 19.9 Å². The fourth-order valence-corrected chi connectivity index (χ4v) is 3.20. The number of benzene rings is 1. The molecule has 2 rings (SSSR count). The van der Waals surface area contributed by atoms with Crippen LogP contribution in [-0.4, -0.2) is 21.0 Å². The SMILES string of the molecule is Cc1cc(Sc2cc(Br)ccc2C(=O)O)nc(C)n1. The van der Waals surface area contributed by atoms with Crippen molar-refractivity contribution in [1.82, 2.24) is 9.97 Å². The van der Waals surface area contributed by atoms with Gasteiger partial charge in [0.05, 0.1) is 5.56 Å². The molecule has 0 bridgehead atoms. The van der Waals surface area contributed by atoms with E-state index in [0.717, 1.165) is 15.2 Å². The van der Waals surface area contributed by atoms with E-state index in [1.54, 1.807) is 18.2 Å². The minimum atomic E-state index is -0.947. The molecule has 0 spiro atoms. The first-order valence-corrected chi connectivity index (χ1v) is 7.09. The van der Waals surface area contributed by atoms with Crippen molar-refractivity contribution in [3.63, 3.8) is 0 Å². The summed E-state index contributed by atoms with van der Waals surface area (Å²) in [5.74, 6) is -0.271. The molecule has 0 radical (unpaired) electrons. The van der Waals surface area contributed by atoms with Crippen LogP contribution in [0.2, 0.25) is 0 Å². The van der Waals surface area contributed by atoms with Crippen molar-refractivity contribution >= 4 is 33.7 Å². The first-order chi connectivity index (χ1) is 8.95. The third-order valence-electron chi connectivity index (χ3n) is 2.33. The van der Waals surface area contributed by atoms with E-state index < -0.39 is 5.97 Å². The van der Waals surface area contributed by atoms with Crippen molar-refractivity contribution in [1.29, 1.82) is 0 Å². The van der Waals surface area contributed by atoms with Crippen LogP contribution in [-0.2, 0) is 0 Å². The maximum absolute atomic E-state index is 11.2. The van der Waals surface area contributed by atoms with Gasteiger partial charge in [-0.25, -0.2) is 14.8 Å². The average molecular weight is 339 g/mol. The van der Waals surface area contributed by atoms with Crippen LogP contribution in [0.3, 0.4) is 0 Å². The number of carboxylic acids is 1. The number of hydrogen-bond donors (Lipinski definition) is 1. The van der Waals surface area contributed by atoms with Gasteiger partial charge in [0.2, 0.25) is 0 Å². The largest absolute Gasteiger partial charge is 0.478 e. The highest BCUT2D eigenvalue weighted by atomic mass is 79.9. The summed E-state index contributed by atoms with van der Waals surface area (Å²) in [6.07, 6.45) is 0. The monoisotopic (exact) mass is 338 g/mol. The Morgan fingerprint density at radius 3 is 2.63 bits per heavy atom. The second kappa shape index (κ2) is 5.71. The smallest absolute Gasteiger partial charge is 0.336 e. The maximum atomic E-state index is 11.2. The van der Waals surface area contributed by atoms with Gasteiger partial charge in [0.15, 0.2) is 0 Å². The zero-order chi connectivity index (χ0) is 14.0. The van der Waals surface area contributed by atoms with Crippen LogP contribution >= 0.6 is 27.7 Å². The third kappa shape index (κ3) is 3.54. The van der Waals surface area contributed by atoms with Gasteiger partial charge >= 0.3 is 5.97 Å². The van der Waals surface area contributed by atoms with Crippen molar-refractivity contribution in [2.75, 3.05) is 0 Å². The van der Waals surface area contributed by atoms with E-state index in [-0.39, 0.29) is 5.56 Å². The standard InChI is InChI=1S/C13H11BrN2O2S/c1-7-5-12(16-8(2)15-7)19-11-6-9(14)3-4-10(11)13(17)18/h3-6H,1-2H3,(H,17,18). The van der Waals surface area contributed by atoms with Crippen molar-refractivity contribution in [2.24, 2.45) is 0 Å². The molecule has 6 heteroatoms. The lowest BCUT2D eigenvalue weighted by atomic mass is 10.2. The van der Waals surface area contributed by atoms with E-state index in [1.165, 1.54) is 11.8 Å². The predicted octanol–water partition coefficient (Wildman–Crippen LogP) is 3.71. The van der Waals surface area contributed by atoms with Crippen LogP contribution in [0, 0.1) is 13.8 Å². The van der Waals surface area contributed by atoms with Crippen LogP contribution in [0.4, 0.5) is 0 Å². The second-order valence-electron chi connectivity index (χ2n) is 3.94. The molecule has 19 heavy (non-hydrogen) atoms. The molecule has 0 amide bonds. The van der Waals surface area contributed by atoms with Gasteiger partial charge in [0.25, 0.3) is 0 Å². The lowest BCUT2D eigenvalue weighted by Crippen LogP contribution is -1.99. The molecule has 0 aliphatic heterocycles. The summed E-state index contributed by atoms with van der Waals surface area (Å²) in [6, 6.07) is 6.91. The van der Waals surface area contributed by atoms with Crippen LogP contribution in [0.5, 0.6) is 0 Å². The second-order valence-corrected chi connectivity index (χ2v) is 5.92. The molecule has 2 aromatic rings. The summed E-state index contributed by atoms with van der Waals surface area (Å²) in [5, 5.41) is 9.92. The highest BCUT2D eigenvalue weighted by molar-refractivity contribution is 9.10. The number of hydrogen-bond acceptors (Lipinski definition) is 4. The van der Waals surface area contributed by atoms with Gasteiger partial charge in [-0.05, 0) is 38.1 Å². The summed E-state index contributed by atoms with van der Waals surface area (Å²) in [6.45, 7) is 3.70. The Morgan fingerprint density at radius 2 is 2.00 bits per heavy atom. The quantitative estimate of drug-likeness (QED) is 0.864. The molecule has 1 aromatic carbocycles. The van der Waals surface area contributed by atoms with Crippen molar-refractivity contribution in [2.45, 2.75) is 23.8 Å². The molecule has 0 saturated carbocycles. The highest BCUT2D eigenvalue weighted by Gasteiger charge is 2.12. The molecular formula is C13H11BrN2O2S. The molecule has 98 valence electrons. The van der Waals surface area contributed by atoms with Gasteiger partial charge in [-0.2, -0.15) is 0 Å². The molecule has 0 aliphatic carbocycles. The van der Waals surface area contributed by atoms with Crippen molar-refractivity contribution < 1.29 is 9.90 Å². The zero-order valence-corrected chi connectivity index (χ0v) is 12.7. The molecule has 1 N–H and O–H groups in total. The number of aryl methyl sites for hydroxylation is 2. The maximum Gasteiger partial charge on any atom is 0.336 e. The lowest BCUT2D eigenvalue weighted by Gasteiger charge is -2.07. The predicted molar refractivity (Wildman–Crippen MR) is 76.7 cm³/mol. The number of halogens is 1. The summed E-state index contributed by atoms with van der Waals surface area (Å²) in [5.41, 5.74) is 1.13. The van der Waals surface area contributed by atoms with Crippen molar-refractivity contribution in [3.05, 3.63) is 45.8 Å². The average Bonchev–Trinajstić information content (AvgIpc) is 2.26. The number of rotatable bonds is 3. The van der Waals surface area contributed by atoms with E-state index in [9.17, 15) is 9.90 Å². The van der Waals surface area contributed by atoms with Gasteiger partial charge < -0.3 is 5.11 Å². The van der Waals surface area contributed by atoms with Crippen LogP contribution in [0.15, 0.2) is 38.7 Å². The summed E-state index contributed by atoms with van der Waals surface area (Å²) < 4.78 is 0.836. The Labute approximate surface area is 123 Å². The van der Waals surface area contributed by atoms with Gasteiger partial charge in [0.1, 0.15) is 10.9 Å². The normalized spacial score (nSPS) is 10.5. The molecule has 4 nitrogen and oxygen atoms in total. The Morgan fingerprint density at radius 1 is 1.26 bits per heavy atom. The zero-order valence-electron chi connectivity index (χ0n) is 10.3. The lowest BCUT2D eigenvalue weighted by molar-refractivity contribution is 0.0693. The minimum Gasteiger partial charge on any atom is -0.478 e.